The smallest absolute Gasteiger partial charge is 0.0210 e. The summed E-state index contributed by atoms with van der Waals surface area (Å²) in [5.74, 6) is 8.70. The molecule has 2 aliphatic carbocycles. The maximum atomic E-state index is 5.54. The normalized spacial score (nSPS) is 44.1. The second-order valence-electron chi connectivity index (χ2n) is 5.27. The van der Waals surface area contributed by atoms with Gasteiger partial charge in [0.2, 0.25) is 0 Å². The average Bonchev–Trinajstić information content (AvgIpc) is 2.83. The number of hydrogen-bond acceptors (Lipinski definition) is 2. The molecule has 2 heteroatoms. The summed E-state index contributed by atoms with van der Waals surface area (Å²) >= 11 is 0. The van der Waals surface area contributed by atoms with Gasteiger partial charge < -0.3 is 0 Å². The Hall–Kier alpha value is -0.0800. The van der Waals surface area contributed by atoms with Crippen LogP contribution < -0.4 is 11.3 Å². The van der Waals surface area contributed by atoms with Crippen LogP contribution in [0.5, 0.6) is 0 Å². The summed E-state index contributed by atoms with van der Waals surface area (Å²) in [6.45, 7) is 2.44. The van der Waals surface area contributed by atoms with Crippen LogP contribution in [0, 0.1) is 17.8 Å². The van der Waals surface area contributed by atoms with Crippen molar-refractivity contribution in [3.8, 4) is 0 Å². The van der Waals surface area contributed by atoms with Gasteiger partial charge in [-0.2, -0.15) is 0 Å². The highest BCUT2D eigenvalue weighted by molar-refractivity contribution is 4.94. The van der Waals surface area contributed by atoms with Crippen molar-refractivity contribution < 1.29 is 0 Å². The Morgan fingerprint density at radius 1 is 0.929 bits per heavy atom. The fraction of sp³-hybridized carbons (Fsp3) is 1.00. The van der Waals surface area contributed by atoms with Gasteiger partial charge in [-0.05, 0) is 43.4 Å². The second kappa shape index (κ2) is 4.63. The van der Waals surface area contributed by atoms with Crippen molar-refractivity contribution >= 4 is 0 Å². The molecule has 0 bridgehead atoms. The van der Waals surface area contributed by atoms with Gasteiger partial charge in [0.05, 0.1) is 0 Å². The summed E-state index contributed by atoms with van der Waals surface area (Å²) in [5.41, 5.74) is 2.96. The Morgan fingerprint density at radius 2 is 1.50 bits per heavy atom. The molecular formula is C12H24N2. The molecule has 0 radical (unpaired) electrons. The number of fused-ring (bicyclic) bond motifs is 1. The molecule has 0 aromatic carbocycles. The van der Waals surface area contributed by atoms with Crippen molar-refractivity contribution in [2.45, 2.75) is 57.9 Å². The van der Waals surface area contributed by atoms with Gasteiger partial charge in [0.25, 0.3) is 0 Å². The van der Waals surface area contributed by atoms with Crippen molar-refractivity contribution in [3.63, 3.8) is 0 Å². The van der Waals surface area contributed by atoms with Crippen LogP contribution in [0.25, 0.3) is 0 Å². The molecule has 2 aliphatic rings. The van der Waals surface area contributed by atoms with Crippen LogP contribution in [0.4, 0.5) is 0 Å². The minimum atomic E-state index is 0.584. The Balaban J connectivity index is 1.80. The van der Waals surface area contributed by atoms with Gasteiger partial charge in [-0.25, -0.2) is 0 Å². The van der Waals surface area contributed by atoms with Crippen molar-refractivity contribution in [2.24, 2.45) is 23.6 Å². The number of rotatable bonds is 1. The zero-order chi connectivity index (χ0) is 9.97. The minimum Gasteiger partial charge on any atom is -0.271 e. The molecule has 4 unspecified atom stereocenters. The molecule has 14 heavy (non-hydrogen) atoms. The maximum absolute atomic E-state index is 5.54. The van der Waals surface area contributed by atoms with E-state index in [9.17, 15) is 0 Å². The minimum absolute atomic E-state index is 0.584. The number of hydrogen-bond donors (Lipinski definition) is 2. The molecule has 2 rings (SSSR count). The molecule has 82 valence electrons. The van der Waals surface area contributed by atoms with Crippen molar-refractivity contribution in [2.75, 3.05) is 0 Å². The van der Waals surface area contributed by atoms with E-state index in [-0.39, 0.29) is 0 Å². The molecule has 0 aromatic heterocycles. The van der Waals surface area contributed by atoms with E-state index in [4.69, 9.17) is 5.84 Å². The Morgan fingerprint density at radius 3 is 2.21 bits per heavy atom. The molecule has 4 atom stereocenters. The summed E-state index contributed by atoms with van der Waals surface area (Å²) in [4.78, 5) is 0. The average molecular weight is 196 g/mol. The predicted octanol–water partition coefficient (Wildman–Crippen LogP) is 2.44. The lowest BCUT2D eigenvalue weighted by Gasteiger charge is -2.16. The molecule has 0 spiro atoms. The molecule has 2 saturated carbocycles. The summed E-state index contributed by atoms with van der Waals surface area (Å²) < 4.78 is 0. The van der Waals surface area contributed by atoms with Crippen molar-refractivity contribution in [1.82, 2.24) is 5.43 Å². The van der Waals surface area contributed by atoms with E-state index < -0.39 is 0 Å². The van der Waals surface area contributed by atoms with E-state index in [0.29, 0.717) is 6.04 Å². The molecule has 0 saturated heterocycles. The lowest BCUT2D eigenvalue weighted by atomic mass is 9.98. The van der Waals surface area contributed by atoms with E-state index in [0.717, 1.165) is 17.8 Å². The van der Waals surface area contributed by atoms with Crippen LogP contribution in [0.15, 0.2) is 0 Å². The first-order valence-electron chi connectivity index (χ1n) is 6.29. The van der Waals surface area contributed by atoms with Crippen LogP contribution in [-0.2, 0) is 0 Å². The second-order valence-corrected chi connectivity index (χ2v) is 5.27. The van der Waals surface area contributed by atoms with Crippen molar-refractivity contribution in [1.29, 1.82) is 0 Å². The number of nitrogens with two attached hydrogens (primary N) is 1. The summed E-state index contributed by atoms with van der Waals surface area (Å²) in [6.07, 6.45) is 9.65. The van der Waals surface area contributed by atoms with E-state index in [1.54, 1.807) is 0 Å². The molecule has 3 N–H and O–H groups in total. The molecule has 0 aliphatic heterocycles. The van der Waals surface area contributed by atoms with Gasteiger partial charge in [-0.1, -0.05) is 26.2 Å². The molecule has 2 fully saturated rings. The van der Waals surface area contributed by atoms with Crippen LogP contribution in [0.1, 0.15) is 51.9 Å². The third-order valence-corrected chi connectivity index (χ3v) is 4.43. The molecule has 0 amide bonds. The van der Waals surface area contributed by atoms with E-state index >= 15 is 0 Å². The van der Waals surface area contributed by atoms with Crippen LogP contribution in [-0.4, -0.2) is 6.04 Å². The van der Waals surface area contributed by atoms with Gasteiger partial charge in [0.1, 0.15) is 0 Å². The molecule has 0 aromatic rings. The lowest BCUT2D eigenvalue weighted by Crippen LogP contribution is -2.35. The Bertz CT molecular complexity index is 177. The predicted molar refractivity (Wildman–Crippen MR) is 59.6 cm³/mol. The summed E-state index contributed by atoms with van der Waals surface area (Å²) in [5, 5.41) is 0. The van der Waals surface area contributed by atoms with Gasteiger partial charge in [-0.15, -0.1) is 0 Å². The van der Waals surface area contributed by atoms with Crippen LogP contribution >= 0.6 is 0 Å². The third-order valence-electron chi connectivity index (χ3n) is 4.43. The first-order valence-corrected chi connectivity index (χ1v) is 6.29. The van der Waals surface area contributed by atoms with Gasteiger partial charge in [0, 0.05) is 6.04 Å². The topological polar surface area (TPSA) is 38.0 Å². The molecule has 2 nitrogen and oxygen atoms in total. The summed E-state index contributed by atoms with van der Waals surface area (Å²) in [6, 6.07) is 0.584. The fourth-order valence-corrected chi connectivity index (χ4v) is 3.27. The lowest BCUT2D eigenvalue weighted by molar-refractivity contribution is 0.399. The van der Waals surface area contributed by atoms with E-state index in [1.165, 1.54) is 44.9 Å². The Labute approximate surface area is 87.6 Å². The van der Waals surface area contributed by atoms with Crippen LogP contribution in [0.2, 0.25) is 0 Å². The van der Waals surface area contributed by atoms with E-state index in [1.807, 2.05) is 0 Å². The number of hydrazine groups is 1. The molecule has 0 heterocycles. The van der Waals surface area contributed by atoms with Gasteiger partial charge in [0.15, 0.2) is 0 Å². The first-order chi connectivity index (χ1) is 6.83. The largest absolute Gasteiger partial charge is 0.271 e. The standard InChI is InChI=1S/C12H24N2/c1-9-11-7-3-2-5-10(14-13)6-4-8-12(9)11/h9-12,14H,2-8,13H2,1H3. The zero-order valence-electron chi connectivity index (χ0n) is 9.34. The number of nitrogens with one attached hydrogen (secondary N) is 1. The maximum Gasteiger partial charge on any atom is 0.0210 e. The zero-order valence-corrected chi connectivity index (χ0v) is 9.34. The first kappa shape index (κ1) is 10.4. The van der Waals surface area contributed by atoms with Crippen LogP contribution in [0.3, 0.4) is 0 Å². The highest BCUT2D eigenvalue weighted by Crippen LogP contribution is 2.52. The fourth-order valence-electron chi connectivity index (χ4n) is 3.27. The quantitative estimate of drug-likeness (QED) is 0.499. The van der Waals surface area contributed by atoms with E-state index in [2.05, 4.69) is 12.3 Å². The third kappa shape index (κ3) is 2.29. The molecular weight excluding hydrogens is 172 g/mol. The highest BCUT2D eigenvalue weighted by Gasteiger charge is 2.44. The Kier molecular flexibility index (Phi) is 3.45. The van der Waals surface area contributed by atoms with Gasteiger partial charge in [-0.3, -0.25) is 11.3 Å². The monoisotopic (exact) mass is 196 g/mol. The SMILES string of the molecule is CC1C2CCCCC(NN)CCCC12. The van der Waals surface area contributed by atoms with Crippen molar-refractivity contribution in [3.05, 3.63) is 0 Å². The van der Waals surface area contributed by atoms with Gasteiger partial charge >= 0.3 is 0 Å². The summed E-state index contributed by atoms with van der Waals surface area (Å²) in [7, 11) is 0. The highest BCUT2D eigenvalue weighted by atomic mass is 15.2.